The number of nitrogens with one attached hydrogen (secondary N) is 2. The second kappa shape index (κ2) is 7.84. The van der Waals surface area contributed by atoms with E-state index in [1.165, 1.54) is 11.3 Å². The van der Waals surface area contributed by atoms with Gasteiger partial charge < -0.3 is 16.4 Å². The highest BCUT2D eigenvalue weighted by Crippen LogP contribution is 2.07. The topological polar surface area (TPSA) is 84.2 Å². The molecule has 0 bridgehead atoms. The average Bonchev–Trinajstić information content (AvgIpc) is 2.88. The quantitative estimate of drug-likeness (QED) is 0.638. The van der Waals surface area contributed by atoms with Gasteiger partial charge in [0.15, 0.2) is 0 Å². The maximum atomic E-state index is 11.5. The van der Waals surface area contributed by atoms with Gasteiger partial charge >= 0.3 is 0 Å². The number of hydrogen-bond donors (Lipinski definition) is 3. The SMILES string of the molecule is CCCC(N)C(=O)NCCNC(=O)c1cccs1. The minimum atomic E-state index is -0.456. The molecule has 5 nitrogen and oxygen atoms in total. The Kier molecular flexibility index (Phi) is 6.38. The molecule has 0 aromatic carbocycles. The van der Waals surface area contributed by atoms with Gasteiger partial charge in [0, 0.05) is 13.1 Å². The van der Waals surface area contributed by atoms with Crippen LogP contribution in [0.5, 0.6) is 0 Å². The van der Waals surface area contributed by atoms with Gasteiger partial charge in [-0.05, 0) is 17.9 Å². The van der Waals surface area contributed by atoms with Crippen molar-refractivity contribution in [3.8, 4) is 0 Å². The third kappa shape index (κ3) is 4.85. The first-order valence-electron chi connectivity index (χ1n) is 6.00. The van der Waals surface area contributed by atoms with E-state index < -0.39 is 6.04 Å². The first kappa shape index (κ1) is 14.7. The molecule has 1 unspecified atom stereocenters. The zero-order valence-corrected chi connectivity index (χ0v) is 11.3. The van der Waals surface area contributed by atoms with Crippen LogP contribution in [-0.4, -0.2) is 30.9 Å². The van der Waals surface area contributed by atoms with Crippen molar-refractivity contribution in [1.82, 2.24) is 10.6 Å². The smallest absolute Gasteiger partial charge is 0.261 e. The number of rotatable bonds is 7. The van der Waals surface area contributed by atoms with Gasteiger partial charge in [-0.15, -0.1) is 11.3 Å². The maximum absolute atomic E-state index is 11.5. The highest BCUT2D eigenvalue weighted by molar-refractivity contribution is 7.12. The van der Waals surface area contributed by atoms with Gasteiger partial charge in [0.25, 0.3) is 5.91 Å². The summed E-state index contributed by atoms with van der Waals surface area (Å²) in [6, 6.07) is 3.13. The Balaban J connectivity index is 2.15. The summed E-state index contributed by atoms with van der Waals surface area (Å²) < 4.78 is 0. The molecule has 1 aromatic rings. The van der Waals surface area contributed by atoms with Gasteiger partial charge in [-0.2, -0.15) is 0 Å². The molecule has 0 saturated carbocycles. The van der Waals surface area contributed by atoms with Crippen LogP contribution >= 0.6 is 11.3 Å². The fraction of sp³-hybridized carbons (Fsp3) is 0.500. The largest absolute Gasteiger partial charge is 0.353 e. The van der Waals surface area contributed by atoms with Crippen molar-refractivity contribution < 1.29 is 9.59 Å². The van der Waals surface area contributed by atoms with Gasteiger partial charge in [0.2, 0.25) is 5.91 Å². The molecule has 0 saturated heterocycles. The molecule has 6 heteroatoms. The number of hydrogen-bond acceptors (Lipinski definition) is 4. The first-order chi connectivity index (χ1) is 8.65. The molecule has 0 spiro atoms. The lowest BCUT2D eigenvalue weighted by Crippen LogP contribution is -2.43. The Labute approximate surface area is 111 Å². The van der Waals surface area contributed by atoms with E-state index in [4.69, 9.17) is 5.73 Å². The van der Waals surface area contributed by atoms with Crippen LogP contribution in [0.3, 0.4) is 0 Å². The van der Waals surface area contributed by atoms with Crippen LogP contribution in [0.2, 0.25) is 0 Å². The maximum Gasteiger partial charge on any atom is 0.261 e. The van der Waals surface area contributed by atoms with E-state index in [0.717, 1.165) is 6.42 Å². The summed E-state index contributed by atoms with van der Waals surface area (Å²) >= 11 is 1.39. The Bertz CT molecular complexity index is 379. The molecule has 0 radical (unpaired) electrons. The molecule has 4 N–H and O–H groups in total. The predicted molar refractivity (Wildman–Crippen MR) is 72.5 cm³/mol. The number of thiophene rings is 1. The van der Waals surface area contributed by atoms with E-state index in [9.17, 15) is 9.59 Å². The van der Waals surface area contributed by atoms with Crippen LogP contribution < -0.4 is 16.4 Å². The lowest BCUT2D eigenvalue weighted by Gasteiger charge is -2.11. The second-order valence-electron chi connectivity index (χ2n) is 3.92. The van der Waals surface area contributed by atoms with Crippen LogP contribution in [0.15, 0.2) is 17.5 Å². The molecule has 1 atom stereocenters. The zero-order chi connectivity index (χ0) is 13.4. The fourth-order valence-electron chi connectivity index (χ4n) is 1.43. The molecule has 1 rings (SSSR count). The van der Waals surface area contributed by atoms with E-state index in [-0.39, 0.29) is 11.8 Å². The molecule has 1 heterocycles. The van der Waals surface area contributed by atoms with E-state index in [0.29, 0.717) is 24.4 Å². The summed E-state index contributed by atoms with van der Waals surface area (Å²) in [5.41, 5.74) is 5.65. The highest BCUT2D eigenvalue weighted by Gasteiger charge is 2.11. The average molecular weight is 269 g/mol. The Morgan fingerprint density at radius 1 is 1.39 bits per heavy atom. The minimum Gasteiger partial charge on any atom is -0.353 e. The Morgan fingerprint density at radius 2 is 2.11 bits per heavy atom. The van der Waals surface area contributed by atoms with Gasteiger partial charge in [0.05, 0.1) is 10.9 Å². The lowest BCUT2D eigenvalue weighted by molar-refractivity contribution is -0.122. The monoisotopic (exact) mass is 269 g/mol. The first-order valence-corrected chi connectivity index (χ1v) is 6.88. The van der Waals surface area contributed by atoms with Crippen molar-refractivity contribution in [2.45, 2.75) is 25.8 Å². The third-order valence-corrected chi connectivity index (χ3v) is 3.26. The number of nitrogens with two attached hydrogens (primary N) is 1. The van der Waals surface area contributed by atoms with Crippen LogP contribution in [-0.2, 0) is 4.79 Å². The van der Waals surface area contributed by atoms with E-state index in [2.05, 4.69) is 10.6 Å². The lowest BCUT2D eigenvalue weighted by atomic mass is 10.2. The summed E-state index contributed by atoms with van der Waals surface area (Å²) in [5, 5.41) is 7.27. The molecule has 100 valence electrons. The molecule has 0 fully saturated rings. The zero-order valence-electron chi connectivity index (χ0n) is 10.4. The summed E-state index contributed by atoms with van der Waals surface area (Å²) in [6.07, 6.45) is 1.55. The van der Waals surface area contributed by atoms with Crippen molar-refractivity contribution in [3.05, 3.63) is 22.4 Å². The van der Waals surface area contributed by atoms with Crippen molar-refractivity contribution in [1.29, 1.82) is 0 Å². The summed E-state index contributed by atoms with van der Waals surface area (Å²) in [5.74, 6) is -0.278. The summed E-state index contributed by atoms with van der Waals surface area (Å²) in [7, 11) is 0. The normalized spacial score (nSPS) is 11.9. The molecule has 0 aliphatic rings. The number of carbonyl (C=O) groups excluding carboxylic acids is 2. The van der Waals surface area contributed by atoms with Gasteiger partial charge in [-0.3, -0.25) is 9.59 Å². The van der Waals surface area contributed by atoms with Gasteiger partial charge in [-0.1, -0.05) is 19.4 Å². The van der Waals surface area contributed by atoms with Gasteiger partial charge in [0.1, 0.15) is 0 Å². The molecular formula is C12H19N3O2S. The van der Waals surface area contributed by atoms with Gasteiger partial charge in [-0.25, -0.2) is 0 Å². The van der Waals surface area contributed by atoms with Crippen LogP contribution in [0, 0.1) is 0 Å². The van der Waals surface area contributed by atoms with E-state index in [1.807, 2.05) is 18.4 Å². The van der Waals surface area contributed by atoms with Crippen molar-refractivity contribution in [3.63, 3.8) is 0 Å². The second-order valence-corrected chi connectivity index (χ2v) is 4.87. The molecular weight excluding hydrogens is 250 g/mol. The van der Waals surface area contributed by atoms with Crippen molar-refractivity contribution >= 4 is 23.2 Å². The van der Waals surface area contributed by atoms with E-state index >= 15 is 0 Å². The molecule has 0 aliphatic carbocycles. The number of carbonyl (C=O) groups is 2. The Morgan fingerprint density at radius 3 is 2.72 bits per heavy atom. The Hall–Kier alpha value is -1.40. The molecule has 18 heavy (non-hydrogen) atoms. The molecule has 0 aliphatic heterocycles. The molecule has 2 amide bonds. The van der Waals surface area contributed by atoms with Crippen molar-refractivity contribution in [2.24, 2.45) is 5.73 Å². The van der Waals surface area contributed by atoms with Crippen molar-refractivity contribution in [2.75, 3.05) is 13.1 Å². The highest BCUT2D eigenvalue weighted by atomic mass is 32.1. The van der Waals surface area contributed by atoms with Crippen LogP contribution in [0.25, 0.3) is 0 Å². The summed E-state index contributed by atoms with van der Waals surface area (Å²) in [6.45, 7) is 2.78. The third-order valence-electron chi connectivity index (χ3n) is 2.39. The molecule has 1 aromatic heterocycles. The van der Waals surface area contributed by atoms with E-state index in [1.54, 1.807) is 6.07 Å². The standard InChI is InChI=1S/C12H19N3O2S/c1-2-4-9(13)11(16)14-6-7-15-12(17)10-5-3-8-18-10/h3,5,8-9H,2,4,6-7,13H2,1H3,(H,14,16)(H,15,17). The minimum absolute atomic E-state index is 0.114. The van der Waals surface area contributed by atoms with Crippen LogP contribution in [0.1, 0.15) is 29.4 Å². The summed E-state index contributed by atoms with van der Waals surface area (Å²) in [4.78, 5) is 23.7. The fourth-order valence-corrected chi connectivity index (χ4v) is 2.07. The number of amides is 2. The predicted octanol–water partition coefficient (Wildman–Crippen LogP) is 0.722. The van der Waals surface area contributed by atoms with Crippen LogP contribution in [0.4, 0.5) is 0 Å².